The zero-order valence-electron chi connectivity index (χ0n) is 26.0. The molecule has 13 heteroatoms. The number of halogens is 3. The molecule has 1 amide bonds. The van der Waals surface area contributed by atoms with Gasteiger partial charge >= 0.3 is 12.1 Å². The van der Waals surface area contributed by atoms with Gasteiger partial charge in [-0.05, 0) is 23.3 Å². The van der Waals surface area contributed by atoms with E-state index in [1.165, 1.54) is 0 Å². The number of alkyl halides is 3. The normalized spacial score (nSPS) is 20.3. The number of nitrogens with one attached hydrogen (secondary N) is 1. The van der Waals surface area contributed by atoms with Gasteiger partial charge in [0, 0.05) is 30.4 Å². The first-order valence-corrected chi connectivity index (χ1v) is 15.0. The van der Waals surface area contributed by atoms with Crippen LogP contribution < -0.4 is 19.9 Å². The van der Waals surface area contributed by atoms with E-state index in [-0.39, 0.29) is 17.9 Å². The highest BCUT2D eigenvalue weighted by molar-refractivity contribution is 5.95. The summed E-state index contributed by atoms with van der Waals surface area (Å²) in [5.41, 5.74) is -0.464. The van der Waals surface area contributed by atoms with Crippen molar-refractivity contribution < 1.29 is 56.5 Å². The van der Waals surface area contributed by atoms with Crippen molar-refractivity contribution in [3.8, 4) is 11.5 Å². The lowest BCUT2D eigenvalue weighted by molar-refractivity contribution is -0.945. The summed E-state index contributed by atoms with van der Waals surface area (Å²) >= 11 is 0. The Kier molecular flexibility index (Phi) is 11.1. The number of methoxy groups -OCH3 is 2. The third-order valence-corrected chi connectivity index (χ3v) is 8.70. The fraction of sp³-hybridized carbons (Fsp3) is 0.382. The average Bonchev–Trinajstić information content (AvgIpc) is 3.08. The molecule has 0 radical (unpaired) electrons. The van der Waals surface area contributed by atoms with Gasteiger partial charge in [0.05, 0.1) is 40.4 Å². The van der Waals surface area contributed by atoms with E-state index in [2.05, 4.69) is 5.32 Å². The summed E-state index contributed by atoms with van der Waals surface area (Å²) in [7, 11) is 3.10. The number of quaternary nitrogens is 1. The van der Waals surface area contributed by atoms with Crippen molar-refractivity contribution in [3.63, 3.8) is 0 Å². The lowest BCUT2D eigenvalue weighted by Crippen LogP contribution is -2.66. The molecule has 0 unspecified atom stereocenters. The van der Waals surface area contributed by atoms with Crippen LogP contribution in [-0.4, -0.2) is 86.7 Å². The number of carbonyl (C=O) groups excluding carboxylic acids is 3. The second-order valence-electron chi connectivity index (χ2n) is 11.6. The van der Waals surface area contributed by atoms with Crippen molar-refractivity contribution in [3.05, 3.63) is 95.6 Å². The zero-order chi connectivity index (χ0) is 34.2. The molecule has 3 fully saturated rings. The highest BCUT2D eigenvalue weighted by Gasteiger charge is 2.50. The highest BCUT2D eigenvalue weighted by atomic mass is 19.4. The number of carboxylic acids is 1. The molecule has 2 bridgehead atoms. The van der Waals surface area contributed by atoms with E-state index < -0.39 is 23.7 Å². The van der Waals surface area contributed by atoms with Crippen molar-refractivity contribution in [2.75, 3.05) is 46.9 Å². The van der Waals surface area contributed by atoms with Crippen molar-refractivity contribution in [2.24, 2.45) is 5.92 Å². The van der Waals surface area contributed by atoms with Crippen LogP contribution in [0, 0.1) is 5.92 Å². The van der Waals surface area contributed by atoms with E-state index in [1.54, 1.807) is 80.9 Å². The molecule has 252 valence electrons. The number of hydrogen-bond acceptors (Lipinski definition) is 8. The minimum Gasteiger partial charge on any atom is -0.542 e. The topological polar surface area (TPSA) is 134 Å². The first-order chi connectivity index (χ1) is 22.3. The van der Waals surface area contributed by atoms with Gasteiger partial charge in [0.15, 0.2) is 6.10 Å². The summed E-state index contributed by atoms with van der Waals surface area (Å²) < 4.78 is 49.0. The van der Waals surface area contributed by atoms with Crippen molar-refractivity contribution in [1.29, 1.82) is 0 Å². The Morgan fingerprint density at radius 3 is 1.83 bits per heavy atom. The van der Waals surface area contributed by atoms with E-state index >= 15 is 0 Å². The van der Waals surface area contributed by atoms with Gasteiger partial charge in [-0.25, -0.2) is 4.79 Å². The third kappa shape index (κ3) is 8.40. The van der Waals surface area contributed by atoms with Crippen LogP contribution in [0.5, 0.6) is 11.5 Å². The quantitative estimate of drug-likeness (QED) is 0.251. The Hall–Kier alpha value is -4.62. The summed E-state index contributed by atoms with van der Waals surface area (Å²) in [6.07, 6.45) is -3.62. The first-order valence-electron chi connectivity index (χ1n) is 15.0. The number of ether oxygens (including phenoxy) is 3. The summed E-state index contributed by atoms with van der Waals surface area (Å²) in [6, 6.07) is 23.0. The number of nitrogens with zero attached hydrogens (tertiary/aromatic N) is 1. The Morgan fingerprint density at radius 2 is 1.38 bits per heavy atom. The van der Waals surface area contributed by atoms with Crippen LogP contribution in [0.4, 0.5) is 13.2 Å². The van der Waals surface area contributed by atoms with E-state index in [0.717, 1.165) is 37.0 Å². The number of aliphatic hydroxyl groups is 1. The number of piperidine rings is 3. The van der Waals surface area contributed by atoms with Gasteiger partial charge in [-0.1, -0.05) is 60.7 Å². The molecule has 3 aliphatic rings. The van der Waals surface area contributed by atoms with Crippen LogP contribution in [0.1, 0.15) is 34.3 Å². The first kappa shape index (κ1) is 35.2. The number of amides is 1. The predicted molar refractivity (Wildman–Crippen MR) is 161 cm³/mol. The van der Waals surface area contributed by atoms with Crippen molar-refractivity contribution >= 4 is 17.8 Å². The van der Waals surface area contributed by atoms with Gasteiger partial charge in [0.25, 0.3) is 5.91 Å². The molecule has 3 aromatic rings. The molecular formula is C34H37F3N2O8. The Balaban J connectivity index is 0.000000644. The molecule has 3 aliphatic heterocycles. The fourth-order valence-electron chi connectivity index (χ4n) is 6.10. The Labute approximate surface area is 270 Å². The molecule has 0 aliphatic carbocycles. The number of hydrogen-bond donors (Lipinski definition) is 2. The maximum Gasteiger partial charge on any atom is 0.430 e. The van der Waals surface area contributed by atoms with Crippen LogP contribution in [0.2, 0.25) is 0 Å². The molecule has 47 heavy (non-hydrogen) atoms. The van der Waals surface area contributed by atoms with E-state index in [0.29, 0.717) is 41.3 Å². The van der Waals surface area contributed by atoms with Crippen LogP contribution in [0.3, 0.4) is 0 Å². The lowest BCUT2D eigenvalue weighted by Gasteiger charge is -2.52. The molecule has 1 atom stereocenters. The fourth-order valence-corrected chi connectivity index (χ4v) is 6.10. The highest BCUT2D eigenvalue weighted by Crippen LogP contribution is 2.38. The number of benzene rings is 3. The predicted octanol–water partition coefficient (Wildman–Crippen LogP) is 2.82. The van der Waals surface area contributed by atoms with Crippen LogP contribution >= 0.6 is 0 Å². The van der Waals surface area contributed by atoms with Gasteiger partial charge in [0.1, 0.15) is 24.0 Å². The largest absolute Gasteiger partial charge is 0.542 e. The molecule has 6 rings (SSSR count). The SMILES string of the molecule is COc1cc(OC)cc(C(=O)NCC[N+]23CCC(CC2)[C@@H](OC(=O)C(O)(c2ccccc2)c2ccccc2)C3)c1.O=C([O-])C(F)(F)F. The van der Waals surface area contributed by atoms with Crippen molar-refractivity contribution in [2.45, 2.75) is 30.7 Å². The molecule has 10 nitrogen and oxygen atoms in total. The summed E-state index contributed by atoms with van der Waals surface area (Å²) in [4.78, 5) is 35.4. The van der Waals surface area contributed by atoms with E-state index in [1.807, 2.05) is 12.1 Å². The number of aliphatic carboxylic acids is 1. The minimum absolute atomic E-state index is 0.193. The number of carbonyl (C=O) groups is 3. The zero-order valence-corrected chi connectivity index (χ0v) is 26.0. The van der Waals surface area contributed by atoms with Crippen LogP contribution in [-0.2, 0) is 19.9 Å². The molecule has 3 heterocycles. The Morgan fingerprint density at radius 1 is 0.894 bits per heavy atom. The second-order valence-corrected chi connectivity index (χ2v) is 11.6. The maximum absolute atomic E-state index is 13.7. The summed E-state index contributed by atoms with van der Waals surface area (Å²) in [5.74, 6) is -2.48. The molecule has 0 spiro atoms. The molecular weight excluding hydrogens is 621 g/mol. The van der Waals surface area contributed by atoms with Gasteiger partial charge in [-0.3, -0.25) is 4.79 Å². The smallest absolute Gasteiger partial charge is 0.430 e. The number of carboxylic acid groups (broad SMARTS) is 1. The van der Waals surface area contributed by atoms with Gasteiger partial charge in [-0.2, -0.15) is 13.2 Å². The number of rotatable bonds is 10. The van der Waals surface area contributed by atoms with E-state index in [4.69, 9.17) is 24.1 Å². The average molecular weight is 659 g/mol. The monoisotopic (exact) mass is 658 g/mol. The number of fused-ring (bicyclic) bond motifs is 3. The maximum atomic E-state index is 13.7. The minimum atomic E-state index is -5.19. The van der Waals surface area contributed by atoms with Gasteiger partial charge < -0.3 is 39.0 Å². The standard InChI is InChI=1S/C32H36N2O6.C2HF3O2/c1-38-27-19-24(20-28(21-27)39-2)30(35)33-15-18-34-16-13-23(14-17-34)29(22-34)40-31(36)32(37,25-9-5-3-6-10-25)26-11-7-4-8-12-26;3-2(4,5)1(6)7/h3-12,19-21,23,29,37H,13-18,22H2,1-2H3;(H,6,7)/t23?,29-,34?;/m0./s1. The number of esters is 1. The molecule has 0 aromatic heterocycles. The lowest BCUT2D eigenvalue weighted by atomic mass is 9.82. The second kappa shape index (κ2) is 14.9. The Bertz CT molecular complexity index is 1470. The van der Waals surface area contributed by atoms with Crippen molar-refractivity contribution in [1.82, 2.24) is 5.32 Å². The molecule has 3 saturated heterocycles. The van der Waals surface area contributed by atoms with Gasteiger partial charge in [0.2, 0.25) is 5.60 Å². The third-order valence-electron chi connectivity index (χ3n) is 8.70. The summed E-state index contributed by atoms with van der Waals surface area (Å²) in [5, 5.41) is 23.6. The van der Waals surface area contributed by atoms with Crippen LogP contribution in [0.25, 0.3) is 0 Å². The van der Waals surface area contributed by atoms with Crippen LogP contribution in [0.15, 0.2) is 78.9 Å². The molecule has 0 saturated carbocycles. The van der Waals surface area contributed by atoms with E-state index in [9.17, 15) is 27.9 Å². The summed E-state index contributed by atoms with van der Waals surface area (Å²) in [6.45, 7) is 3.84. The molecule has 3 aromatic carbocycles. The molecule has 2 N–H and O–H groups in total. The van der Waals surface area contributed by atoms with Gasteiger partial charge in [-0.15, -0.1) is 0 Å².